The number of rotatable bonds is 3. The molecule has 2 N–H and O–H groups in total. The highest BCUT2D eigenvalue weighted by atomic mass is 19.1. The number of likely N-dealkylation sites (tertiary alicyclic amines) is 1. The van der Waals surface area contributed by atoms with Crippen molar-refractivity contribution < 1.29 is 14.0 Å². The zero-order chi connectivity index (χ0) is 17.6. The molecule has 25 heavy (non-hydrogen) atoms. The highest BCUT2D eigenvalue weighted by Gasteiger charge is 2.45. The zero-order valence-corrected chi connectivity index (χ0v) is 14.1. The van der Waals surface area contributed by atoms with E-state index in [9.17, 15) is 14.0 Å². The first kappa shape index (κ1) is 16.1. The predicted octanol–water partition coefficient (Wildman–Crippen LogP) is 2.22. The van der Waals surface area contributed by atoms with Crippen molar-refractivity contribution >= 4 is 22.8 Å². The molecule has 2 aliphatic rings. The van der Waals surface area contributed by atoms with Gasteiger partial charge < -0.3 is 15.2 Å². The van der Waals surface area contributed by atoms with E-state index in [4.69, 9.17) is 0 Å². The van der Waals surface area contributed by atoms with Crippen LogP contribution >= 0.6 is 0 Å². The molecule has 0 unspecified atom stereocenters. The molecule has 1 spiro atoms. The largest absolute Gasteiger partial charge is 0.341 e. The van der Waals surface area contributed by atoms with Crippen molar-refractivity contribution in [3.63, 3.8) is 0 Å². The number of aromatic nitrogens is 2. The van der Waals surface area contributed by atoms with Gasteiger partial charge in [0.15, 0.2) is 0 Å². The maximum absolute atomic E-state index is 13.2. The molecule has 6 nitrogen and oxygen atoms in total. The molecule has 0 bridgehead atoms. The fraction of sp³-hybridized carbons (Fsp3) is 0.500. The summed E-state index contributed by atoms with van der Waals surface area (Å²) in [7, 11) is 0. The topological polar surface area (TPSA) is 78.1 Å². The molecule has 3 heterocycles. The number of nitrogens with zero attached hydrogens (tertiary/aromatic N) is 2. The van der Waals surface area contributed by atoms with Gasteiger partial charge in [0.2, 0.25) is 5.91 Å². The monoisotopic (exact) mass is 344 g/mol. The Balaban J connectivity index is 1.39. The number of fused-ring (bicyclic) bond motifs is 1. The number of carbonyl (C=O) groups excluding carboxylic acids is 2. The van der Waals surface area contributed by atoms with Crippen molar-refractivity contribution in [1.82, 2.24) is 20.2 Å². The molecule has 1 saturated heterocycles. The van der Waals surface area contributed by atoms with E-state index in [1.807, 2.05) is 4.90 Å². The summed E-state index contributed by atoms with van der Waals surface area (Å²) in [4.78, 5) is 33.5. The van der Waals surface area contributed by atoms with Crippen molar-refractivity contribution in [2.75, 3.05) is 13.1 Å². The molecule has 2 amide bonds. The van der Waals surface area contributed by atoms with Crippen LogP contribution < -0.4 is 5.32 Å². The molecule has 1 saturated carbocycles. The number of nitrogens with one attached hydrogen (secondary N) is 2. The second-order valence-electron chi connectivity index (χ2n) is 7.29. The van der Waals surface area contributed by atoms with Crippen LogP contribution in [0.25, 0.3) is 11.0 Å². The third-order valence-corrected chi connectivity index (χ3v) is 5.49. The first-order valence-corrected chi connectivity index (χ1v) is 8.70. The summed E-state index contributed by atoms with van der Waals surface area (Å²) >= 11 is 0. The molecule has 4 rings (SSSR count). The molecular weight excluding hydrogens is 323 g/mol. The lowest BCUT2D eigenvalue weighted by Crippen LogP contribution is -2.49. The maximum atomic E-state index is 13.2. The van der Waals surface area contributed by atoms with Crippen molar-refractivity contribution in [1.29, 1.82) is 0 Å². The Hall–Kier alpha value is -2.44. The van der Waals surface area contributed by atoms with E-state index in [2.05, 4.69) is 15.3 Å². The number of pyridine rings is 1. The van der Waals surface area contributed by atoms with Crippen LogP contribution in [-0.2, 0) is 4.79 Å². The van der Waals surface area contributed by atoms with Gasteiger partial charge in [0, 0.05) is 18.5 Å². The molecule has 2 aromatic rings. The molecule has 7 heteroatoms. The SMILES string of the molecule is C[C@H](NC(=O)c1cc2cc(F)cnc2[nH]1)C(=O)N1CCC2(CC1)CC2. The highest BCUT2D eigenvalue weighted by molar-refractivity contribution is 5.99. The molecule has 2 fully saturated rings. The number of hydrogen-bond acceptors (Lipinski definition) is 3. The van der Waals surface area contributed by atoms with Crippen molar-refractivity contribution in [2.45, 2.75) is 38.6 Å². The number of hydrogen-bond donors (Lipinski definition) is 2. The minimum Gasteiger partial charge on any atom is -0.341 e. The van der Waals surface area contributed by atoms with Gasteiger partial charge in [-0.2, -0.15) is 0 Å². The van der Waals surface area contributed by atoms with Gasteiger partial charge in [0.05, 0.1) is 6.20 Å². The van der Waals surface area contributed by atoms with Gasteiger partial charge in [0.25, 0.3) is 5.91 Å². The van der Waals surface area contributed by atoms with Crippen LogP contribution in [0.4, 0.5) is 4.39 Å². The van der Waals surface area contributed by atoms with Gasteiger partial charge in [-0.25, -0.2) is 9.37 Å². The van der Waals surface area contributed by atoms with E-state index in [1.165, 1.54) is 25.0 Å². The molecular formula is C18H21FN4O2. The van der Waals surface area contributed by atoms with Crippen LogP contribution in [0.3, 0.4) is 0 Å². The molecule has 0 radical (unpaired) electrons. The fourth-order valence-electron chi connectivity index (χ4n) is 3.60. The van der Waals surface area contributed by atoms with Crippen molar-refractivity contribution in [2.24, 2.45) is 5.41 Å². The van der Waals surface area contributed by atoms with Crippen LogP contribution in [-0.4, -0.2) is 45.8 Å². The first-order valence-electron chi connectivity index (χ1n) is 8.70. The smallest absolute Gasteiger partial charge is 0.268 e. The molecule has 1 aliphatic heterocycles. The van der Waals surface area contributed by atoms with Gasteiger partial charge in [-0.1, -0.05) is 0 Å². The minimum atomic E-state index is -0.600. The standard InChI is InChI=1S/C18H21FN4O2/c1-11(17(25)23-6-4-18(2-3-18)5-7-23)21-16(24)14-9-12-8-13(19)10-20-15(12)22-14/h8-11H,2-7H2,1H3,(H,20,22)(H,21,24)/t11-/m0/s1. The van der Waals surface area contributed by atoms with Gasteiger partial charge in [-0.05, 0) is 50.2 Å². The third-order valence-electron chi connectivity index (χ3n) is 5.49. The highest BCUT2D eigenvalue weighted by Crippen LogP contribution is 2.53. The Morgan fingerprint density at radius 1 is 1.28 bits per heavy atom. The summed E-state index contributed by atoms with van der Waals surface area (Å²) < 4.78 is 13.2. The van der Waals surface area contributed by atoms with Crippen molar-refractivity contribution in [3.8, 4) is 0 Å². The summed E-state index contributed by atoms with van der Waals surface area (Å²) in [5.74, 6) is -0.903. The molecule has 0 aromatic carbocycles. The van der Waals surface area contributed by atoms with Gasteiger partial charge in [-0.15, -0.1) is 0 Å². The van der Waals surface area contributed by atoms with E-state index in [0.717, 1.165) is 32.1 Å². The number of piperidine rings is 1. The van der Waals surface area contributed by atoms with E-state index >= 15 is 0 Å². The third kappa shape index (κ3) is 3.10. The Labute approximate surface area is 144 Å². The number of H-pyrrole nitrogens is 1. The second-order valence-corrected chi connectivity index (χ2v) is 7.29. The van der Waals surface area contributed by atoms with Gasteiger partial charge >= 0.3 is 0 Å². The predicted molar refractivity (Wildman–Crippen MR) is 90.5 cm³/mol. The maximum Gasteiger partial charge on any atom is 0.268 e. The van der Waals surface area contributed by atoms with Crippen molar-refractivity contribution in [3.05, 3.63) is 29.8 Å². The lowest BCUT2D eigenvalue weighted by molar-refractivity contribution is -0.134. The van der Waals surface area contributed by atoms with E-state index in [1.54, 1.807) is 6.92 Å². The van der Waals surface area contributed by atoms with E-state index in [0.29, 0.717) is 16.4 Å². The lowest BCUT2D eigenvalue weighted by atomic mass is 9.93. The number of aromatic amines is 1. The molecule has 1 aliphatic carbocycles. The second kappa shape index (κ2) is 5.82. The average molecular weight is 344 g/mol. The van der Waals surface area contributed by atoms with Crippen LogP contribution in [0.1, 0.15) is 43.1 Å². The van der Waals surface area contributed by atoms with Crippen LogP contribution in [0.2, 0.25) is 0 Å². The quantitative estimate of drug-likeness (QED) is 0.896. The Kier molecular flexibility index (Phi) is 3.74. The summed E-state index contributed by atoms with van der Waals surface area (Å²) in [6.45, 7) is 3.24. The van der Waals surface area contributed by atoms with Gasteiger partial charge in [-0.3, -0.25) is 9.59 Å². The lowest BCUT2D eigenvalue weighted by Gasteiger charge is -2.33. The van der Waals surface area contributed by atoms with Crippen LogP contribution in [0.5, 0.6) is 0 Å². The normalized spacial score (nSPS) is 19.8. The summed E-state index contributed by atoms with van der Waals surface area (Å²) in [6.07, 6.45) is 5.81. The molecule has 2 aromatic heterocycles. The Morgan fingerprint density at radius 2 is 2.00 bits per heavy atom. The fourth-order valence-corrected chi connectivity index (χ4v) is 3.60. The number of amides is 2. The van der Waals surface area contributed by atoms with E-state index in [-0.39, 0.29) is 11.6 Å². The minimum absolute atomic E-state index is 0.0517. The summed E-state index contributed by atoms with van der Waals surface area (Å²) in [6, 6.07) is 2.25. The van der Waals surface area contributed by atoms with Crippen LogP contribution in [0, 0.1) is 11.2 Å². The van der Waals surface area contributed by atoms with E-state index < -0.39 is 17.8 Å². The van der Waals surface area contributed by atoms with Crippen LogP contribution in [0.15, 0.2) is 18.3 Å². The molecule has 1 atom stereocenters. The Bertz CT molecular complexity index is 833. The summed E-state index contributed by atoms with van der Waals surface area (Å²) in [5.41, 5.74) is 1.22. The summed E-state index contributed by atoms with van der Waals surface area (Å²) in [5, 5.41) is 3.25. The van der Waals surface area contributed by atoms with Gasteiger partial charge in [0.1, 0.15) is 23.2 Å². The zero-order valence-electron chi connectivity index (χ0n) is 14.1. The molecule has 132 valence electrons. The number of halogens is 1. The Morgan fingerprint density at radius 3 is 2.68 bits per heavy atom. The first-order chi connectivity index (χ1) is 12.0. The average Bonchev–Trinajstić information content (AvgIpc) is 3.21. The number of carbonyl (C=O) groups is 2.